The summed E-state index contributed by atoms with van der Waals surface area (Å²) in [6.07, 6.45) is 9.01. The van der Waals surface area contributed by atoms with Gasteiger partial charge in [0.25, 0.3) is 0 Å². The zero-order chi connectivity index (χ0) is 21.5. The molecule has 3 rings (SSSR count). The monoisotopic (exact) mass is 421 g/mol. The van der Waals surface area contributed by atoms with Crippen molar-refractivity contribution in [3.8, 4) is 0 Å². The van der Waals surface area contributed by atoms with Gasteiger partial charge < -0.3 is 20.4 Å². The zero-order valence-electron chi connectivity index (χ0n) is 18.6. The molecule has 5 nitrogen and oxygen atoms in total. The lowest BCUT2D eigenvalue weighted by Crippen LogP contribution is -2.51. The molecule has 1 heterocycles. The molecule has 1 aliphatic heterocycles. The van der Waals surface area contributed by atoms with E-state index in [9.17, 15) is 8.78 Å². The van der Waals surface area contributed by atoms with Crippen LogP contribution in [0, 0.1) is 11.6 Å². The van der Waals surface area contributed by atoms with Gasteiger partial charge in [-0.15, -0.1) is 0 Å². The smallest absolute Gasteiger partial charge is 0.191 e. The number of piperidine rings is 1. The molecule has 2 aliphatic rings. The van der Waals surface area contributed by atoms with E-state index < -0.39 is 17.7 Å². The molecule has 2 fully saturated rings. The highest BCUT2D eigenvalue weighted by Gasteiger charge is 2.27. The van der Waals surface area contributed by atoms with Gasteiger partial charge in [-0.1, -0.05) is 25.3 Å². The number of aliphatic imine (C=N–C) groups is 1. The number of nitrogens with zero attached hydrogens (tertiary/aromatic N) is 3. The standard InChI is InChI=1S/C23H37F2N5/c1-26-23(27-16-21(29(2)3)22-19(24)10-7-11-20(22)25)28-17-12-14-30(15-13-17)18-8-5-4-6-9-18/h7,10-11,17-18,21H,4-6,8-9,12-16H2,1-3H3,(H2,26,27,28). The molecule has 1 unspecified atom stereocenters. The van der Waals surface area contributed by atoms with Gasteiger partial charge in [-0.3, -0.25) is 4.99 Å². The Morgan fingerprint density at radius 1 is 1.10 bits per heavy atom. The fourth-order valence-corrected chi connectivity index (χ4v) is 4.81. The fourth-order valence-electron chi connectivity index (χ4n) is 4.81. The molecule has 1 aromatic rings. The quantitative estimate of drug-likeness (QED) is 0.545. The number of hydrogen-bond donors (Lipinski definition) is 2. The van der Waals surface area contributed by atoms with Crippen molar-refractivity contribution in [2.45, 2.75) is 63.1 Å². The number of hydrogen-bond acceptors (Lipinski definition) is 3. The van der Waals surface area contributed by atoms with Crippen molar-refractivity contribution in [1.82, 2.24) is 20.4 Å². The minimum Gasteiger partial charge on any atom is -0.354 e. The third-order valence-corrected chi connectivity index (χ3v) is 6.60. The van der Waals surface area contributed by atoms with Gasteiger partial charge in [0.05, 0.1) is 6.04 Å². The molecule has 1 saturated carbocycles. The molecule has 1 aromatic carbocycles. The summed E-state index contributed by atoms with van der Waals surface area (Å²) in [5.41, 5.74) is 0.0891. The Kier molecular flexibility index (Phi) is 8.45. The SMILES string of the molecule is CN=C(NCC(c1c(F)cccc1F)N(C)C)NC1CCN(C2CCCCC2)CC1. The Balaban J connectivity index is 1.52. The van der Waals surface area contributed by atoms with Crippen LogP contribution in [0.1, 0.15) is 56.6 Å². The highest BCUT2D eigenvalue weighted by atomic mass is 19.1. The molecular weight excluding hydrogens is 384 g/mol. The van der Waals surface area contributed by atoms with Crippen molar-refractivity contribution in [2.75, 3.05) is 40.8 Å². The Morgan fingerprint density at radius 3 is 2.30 bits per heavy atom. The van der Waals surface area contributed by atoms with Crippen molar-refractivity contribution in [2.24, 2.45) is 4.99 Å². The number of benzene rings is 1. The van der Waals surface area contributed by atoms with E-state index in [1.54, 1.807) is 7.05 Å². The summed E-state index contributed by atoms with van der Waals surface area (Å²) >= 11 is 0. The summed E-state index contributed by atoms with van der Waals surface area (Å²) in [7, 11) is 5.39. The molecule has 0 spiro atoms. The van der Waals surface area contributed by atoms with Crippen LogP contribution >= 0.6 is 0 Å². The second-order valence-corrected chi connectivity index (χ2v) is 8.81. The first-order valence-corrected chi connectivity index (χ1v) is 11.3. The number of likely N-dealkylation sites (tertiary alicyclic amines) is 1. The lowest BCUT2D eigenvalue weighted by atomic mass is 9.92. The van der Waals surface area contributed by atoms with Crippen molar-refractivity contribution >= 4 is 5.96 Å². The van der Waals surface area contributed by atoms with Gasteiger partial charge in [-0.05, 0) is 51.9 Å². The van der Waals surface area contributed by atoms with Crippen LogP contribution < -0.4 is 10.6 Å². The largest absolute Gasteiger partial charge is 0.354 e. The van der Waals surface area contributed by atoms with Crippen molar-refractivity contribution in [3.63, 3.8) is 0 Å². The first-order valence-electron chi connectivity index (χ1n) is 11.3. The van der Waals surface area contributed by atoms with Gasteiger partial charge in [0.2, 0.25) is 0 Å². The molecule has 0 bridgehead atoms. The summed E-state index contributed by atoms with van der Waals surface area (Å²) in [5, 5.41) is 6.79. The van der Waals surface area contributed by atoms with E-state index in [2.05, 4.69) is 20.5 Å². The van der Waals surface area contributed by atoms with Crippen LogP contribution in [0.15, 0.2) is 23.2 Å². The Labute approximate surface area is 179 Å². The van der Waals surface area contributed by atoms with Crippen molar-refractivity contribution in [1.29, 1.82) is 0 Å². The van der Waals surface area contributed by atoms with Crippen LogP contribution in [0.2, 0.25) is 0 Å². The van der Waals surface area contributed by atoms with Crippen LogP contribution in [-0.2, 0) is 0 Å². The number of nitrogens with one attached hydrogen (secondary N) is 2. The van der Waals surface area contributed by atoms with Crippen molar-refractivity contribution in [3.05, 3.63) is 35.4 Å². The van der Waals surface area contributed by atoms with E-state index in [0.717, 1.165) is 32.0 Å². The van der Waals surface area contributed by atoms with Gasteiger partial charge in [-0.25, -0.2) is 8.78 Å². The van der Waals surface area contributed by atoms with Gasteiger partial charge in [0, 0.05) is 44.3 Å². The minimum absolute atomic E-state index is 0.0891. The third-order valence-electron chi connectivity index (χ3n) is 6.60. The Morgan fingerprint density at radius 2 is 1.73 bits per heavy atom. The molecule has 0 aromatic heterocycles. The van der Waals surface area contributed by atoms with Crippen LogP contribution in [-0.4, -0.2) is 68.6 Å². The topological polar surface area (TPSA) is 42.9 Å². The van der Waals surface area contributed by atoms with Crippen molar-refractivity contribution < 1.29 is 8.78 Å². The molecule has 1 atom stereocenters. The van der Waals surface area contributed by atoms with Crippen LogP contribution in [0.25, 0.3) is 0 Å². The van der Waals surface area contributed by atoms with E-state index in [4.69, 9.17) is 0 Å². The number of guanidine groups is 1. The summed E-state index contributed by atoms with van der Waals surface area (Å²) in [6.45, 7) is 2.62. The van der Waals surface area contributed by atoms with Gasteiger partial charge in [-0.2, -0.15) is 0 Å². The number of rotatable bonds is 6. The first-order chi connectivity index (χ1) is 14.5. The molecule has 168 valence electrons. The lowest BCUT2D eigenvalue weighted by molar-refractivity contribution is 0.119. The van der Waals surface area contributed by atoms with E-state index >= 15 is 0 Å². The summed E-state index contributed by atoms with van der Waals surface area (Å²) in [6, 6.07) is 4.73. The van der Waals surface area contributed by atoms with Crippen LogP contribution in [0.4, 0.5) is 8.78 Å². The summed E-state index contributed by atoms with van der Waals surface area (Å²) in [5.74, 6) is -0.350. The zero-order valence-corrected chi connectivity index (χ0v) is 18.6. The molecular formula is C23H37F2N5. The normalized spacial score (nSPS) is 21.1. The van der Waals surface area contributed by atoms with Crippen LogP contribution in [0.3, 0.4) is 0 Å². The molecule has 1 saturated heterocycles. The maximum absolute atomic E-state index is 14.3. The Bertz CT molecular complexity index is 675. The maximum atomic E-state index is 14.3. The van der Waals surface area contributed by atoms with E-state index in [1.165, 1.54) is 50.3 Å². The highest BCUT2D eigenvalue weighted by molar-refractivity contribution is 5.80. The third kappa shape index (κ3) is 5.91. The molecule has 7 heteroatoms. The van der Waals surface area contributed by atoms with E-state index in [0.29, 0.717) is 18.5 Å². The van der Waals surface area contributed by atoms with Gasteiger partial charge >= 0.3 is 0 Å². The van der Waals surface area contributed by atoms with Gasteiger partial charge in [0.15, 0.2) is 5.96 Å². The van der Waals surface area contributed by atoms with Gasteiger partial charge in [0.1, 0.15) is 11.6 Å². The fraction of sp³-hybridized carbons (Fsp3) is 0.696. The molecule has 1 aliphatic carbocycles. The second kappa shape index (κ2) is 11.0. The number of likely N-dealkylation sites (N-methyl/N-ethyl adjacent to an activating group) is 1. The van der Waals surface area contributed by atoms with E-state index in [1.807, 2.05) is 19.0 Å². The molecule has 30 heavy (non-hydrogen) atoms. The second-order valence-electron chi connectivity index (χ2n) is 8.81. The average molecular weight is 422 g/mol. The molecule has 0 radical (unpaired) electrons. The minimum atomic E-state index is -0.520. The average Bonchev–Trinajstić information content (AvgIpc) is 2.75. The summed E-state index contributed by atoms with van der Waals surface area (Å²) < 4.78 is 28.6. The number of halogens is 2. The Hall–Kier alpha value is -1.73. The van der Waals surface area contributed by atoms with Crippen LogP contribution in [0.5, 0.6) is 0 Å². The van der Waals surface area contributed by atoms with E-state index in [-0.39, 0.29) is 5.56 Å². The maximum Gasteiger partial charge on any atom is 0.191 e. The highest BCUT2D eigenvalue weighted by Crippen LogP contribution is 2.26. The summed E-state index contributed by atoms with van der Waals surface area (Å²) in [4.78, 5) is 8.82. The molecule has 2 N–H and O–H groups in total. The molecule has 0 amide bonds. The predicted molar refractivity (Wildman–Crippen MR) is 119 cm³/mol. The first kappa shape index (κ1) is 22.9. The lowest BCUT2D eigenvalue weighted by Gasteiger charge is -2.39. The predicted octanol–water partition coefficient (Wildman–Crippen LogP) is 3.53.